The zero-order valence-corrected chi connectivity index (χ0v) is 8.80. The van der Waals surface area contributed by atoms with Gasteiger partial charge in [-0.25, -0.2) is 8.78 Å². The molecule has 2 nitrogen and oxygen atoms in total. The minimum atomic E-state index is -1.16. The monoisotopic (exact) mass is 220 g/mol. The van der Waals surface area contributed by atoms with Crippen LogP contribution in [0.3, 0.4) is 0 Å². The Bertz CT molecular complexity index is 471. The summed E-state index contributed by atoms with van der Waals surface area (Å²) < 4.78 is 26.5. The highest BCUT2D eigenvalue weighted by atomic mass is 19.1. The van der Waals surface area contributed by atoms with Crippen LogP contribution in [-0.4, -0.2) is 0 Å². The zero-order valence-electron chi connectivity index (χ0n) is 8.80. The molecule has 0 saturated heterocycles. The first-order chi connectivity index (χ1) is 7.53. The highest BCUT2D eigenvalue weighted by Crippen LogP contribution is 2.30. The molecule has 1 rings (SSSR count). The molecule has 0 saturated carbocycles. The van der Waals surface area contributed by atoms with Gasteiger partial charge in [-0.1, -0.05) is 0 Å². The van der Waals surface area contributed by atoms with E-state index in [2.05, 4.69) is 0 Å². The Hall–Kier alpha value is -1.94. The SMILES string of the molecule is CC(C#N)(CCC#N)c1cc(F)ccc1F. The molecule has 0 aliphatic heterocycles. The third-order valence-corrected chi connectivity index (χ3v) is 2.51. The van der Waals surface area contributed by atoms with E-state index in [1.807, 2.05) is 12.1 Å². The van der Waals surface area contributed by atoms with Crippen LogP contribution in [0.4, 0.5) is 8.78 Å². The molecule has 0 fully saturated rings. The summed E-state index contributed by atoms with van der Waals surface area (Å²) in [7, 11) is 0. The number of halogens is 2. The van der Waals surface area contributed by atoms with E-state index in [1.165, 1.54) is 6.92 Å². The van der Waals surface area contributed by atoms with Crippen LogP contribution < -0.4 is 0 Å². The molecule has 0 aromatic heterocycles. The van der Waals surface area contributed by atoms with Crippen LogP contribution >= 0.6 is 0 Å². The molecule has 1 aromatic carbocycles. The Labute approximate surface area is 92.7 Å². The van der Waals surface area contributed by atoms with Gasteiger partial charge in [0.15, 0.2) is 0 Å². The summed E-state index contributed by atoms with van der Waals surface area (Å²) >= 11 is 0. The highest BCUT2D eigenvalue weighted by Gasteiger charge is 2.29. The summed E-state index contributed by atoms with van der Waals surface area (Å²) in [6, 6.07) is 6.84. The predicted octanol–water partition coefficient (Wildman–Crippen LogP) is 3.05. The van der Waals surface area contributed by atoms with Crippen LogP contribution in [0.1, 0.15) is 25.3 Å². The minimum Gasteiger partial charge on any atom is -0.207 e. The first kappa shape index (κ1) is 12.1. The van der Waals surface area contributed by atoms with Crippen molar-refractivity contribution in [3.8, 4) is 12.1 Å². The van der Waals surface area contributed by atoms with E-state index in [-0.39, 0.29) is 18.4 Å². The molecule has 0 bridgehead atoms. The molecule has 0 N–H and O–H groups in total. The van der Waals surface area contributed by atoms with Gasteiger partial charge in [0.05, 0.1) is 17.6 Å². The molecule has 4 heteroatoms. The van der Waals surface area contributed by atoms with E-state index >= 15 is 0 Å². The predicted molar refractivity (Wildman–Crippen MR) is 54.2 cm³/mol. The van der Waals surface area contributed by atoms with Gasteiger partial charge in [-0.3, -0.25) is 0 Å². The van der Waals surface area contributed by atoms with Gasteiger partial charge in [0.1, 0.15) is 11.6 Å². The van der Waals surface area contributed by atoms with Gasteiger partial charge in [0.25, 0.3) is 0 Å². The van der Waals surface area contributed by atoms with Crippen LogP contribution in [0.2, 0.25) is 0 Å². The van der Waals surface area contributed by atoms with E-state index in [0.29, 0.717) is 0 Å². The van der Waals surface area contributed by atoms with Crippen molar-refractivity contribution in [2.24, 2.45) is 0 Å². The third-order valence-electron chi connectivity index (χ3n) is 2.51. The lowest BCUT2D eigenvalue weighted by Gasteiger charge is -2.21. The maximum Gasteiger partial charge on any atom is 0.128 e. The maximum atomic E-state index is 13.5. The van der Waals surface area contributed by atoms with E-state index < -0.39 is 17.0 Å². The molecule has 1 atom stereocenters. The van der Waals surface area contributed by atoms with Gasteiger partial charge in [-0.2, -0.15) is 10.5 Å². The van der Waals surface area contributed by atoms with Crippen molar-refractivity contribution >= 4 is 0 Å². The maximum absolute atomic E-state index is 13.5. The van der Waals surface area contributed by atoms with Crippen LogP contribution in [0.25, 0.3) is 0 Å². The van der Waals surface area contributed by atoms with E-state index in [0.717, 1.165) is 18.2 Å². The molecule has 0 radical (unpaired) electrons. The van der Waals surface area contributed by atoms with Crippen molar-refractivity contribution in [3.05, 3.63) is 35.4 Å². The standard InChI is InChI=1S/C12H10F2N2/c1-12(8-16,5-2-6-15)10-7-9(13)3-4-11(10)14/h3-4,7H,2,5H2,1H3. The third kappa shape index (κ3) is 2.35. The van der Waals surface area contributed by atoms with Crippen LogP contribution in [0.5, 0.6) is 0 Å². The summed E-state index contributed by atoms with van der Waals surface area (Å²) in [6.45, 7) is 1.50. The van der Waals surface area contributed by atoms with Crippen molar-refractivity contribution in [1.82, 2.24) is 0 Å². The van der Waals surface area contributed by atoms with E-state index in [9.17, 15) is 8.78 Å². The van der Waals surface area contributed by atoms with Gasteiger partial charge in [0, 0.05) is 12.0 Å². The molecule has 16 heavy (non-hydrogen) atoms. The highest BCUT2D eigenvalue weighted by molar-refractivity contribution is 5.33. The molecule has 1 unspecified atom stereocenters. The smallest absolute Gasteiger partial charge is 0.128 e. The Morgan fingerprint density at radius 1 is 1.31 bits per heavy atom. The summed E-state index contributed by atoms with van der Waals surface area (Å²) in [5.74, 6) is -1.21. The Kier molecular flexibility index (Phi) is 3.58. The molecular formula is C12H10F2N2. The summed E-state index contributed by atoms with van der Waals surface area (Å²) in [4.78, 5) is 0. The normalized spacial score (nSPS) is 13.6. The Morgan fingerprint density at radius 3 is 2.56 bits per heavy atom. The average molecular weight is 220 g/mol. The number of nitrogens with zero attached hydrogens (tertiary/aromatic N) is 2. The molecule has 82 valence electrons. The largest absolute Gasteiger partial charge is 0.207 e. The lowest BCUT2D eigenvalue weighted by atomic mass is 9.80. The van der Waals surface area contributed by atoms with Gasteiger partial charge >= 0.3 is 0 Å². The lowest BCUT2D eigenvalue weighted by Crippen LogP contribution is -2.21. The van der Waals surface area contributed by atoms with Gasteiger partial charge in [0.2, 0.25) is 0 Å². The van der Waals surface area contributed by atoms with Crippen molar-refractivity contribution in [1.29, 1.82) is 10.5 Å². The molecule has 1 aromatic rings. The quantitative estimate of drug-likeness (QED) is 0.785. The second-order valence-corrected chi connectivity index (χ2v) is 3.73. The molecule has 0 aliphatic rings. The van der Waals surface area contributed by atoms with Crippen LogP contribution in [-0.2, 0) is 5.41 Å². The fourth-order valence-electron chi connectivity index (χ4n) is 1.48. The van der Waals surface area contributed by atoms with Crippen molar-refractivity contribution in [2.45, 2.75) is 25.2 Å². The van der Waals surface area contributed by atoms with Crippen molar-refractivity contribution < 1.29 is 8.78 Å². The number of rotatable bonds is 3. The topological polar surface area (TPSA) is 47.6 Å². The second kappa shape index (κ2) is 4.72. The first-order valence-corrected chi connectivity index (χ1v) is 4.77. The summed E-state index contributed by atoms with van der Waals surface area (Å²) in [5.41, 5.74) is -1.16. The van der Waals surface area contributed by atoms with E-state index in [1.54, 1.807) is 0 Å². The first-order valence-electron chi connectivity index (χ1n) is 4.77. The van der Waals surface area contributed by atoms with E-state index in [4.69, 9.17) is 10.5 Å². The van der Waals surface area contributed by atoms with Crippen LogP contribution in [0.15, 0.2) is 18.2 Å². The van der Waals surface area contributed by atoms with Gasteiger partial charge in [-0.05, 0) is 31.5 Å². The molecular weight excluding hydrogens is 210 g/mol. The van der Waals surface area contributed by atoms with Crippen molar-refractivity contribution in [3.63, 3.8) is 0 Å². The molecule has 0 spiro atoms. The lowest BCUT2D eigenvalue weighted by molar-refractivity contribution is 0.502. The number of benzene rings is 1. The molecule has 0 amide bonds. The van der Waals surface area contributed by atoms with Crippen LogP contribution in [0, 0.1) is 34.3 Å². The fraction of sp³-hybridized carbons (Fsp3) is 0.333. The summed E-state index contributed by atoms with van der Waals surface area (Å²) in [6.07, 6.45) is 0.306. The average Bonchev–Trinajstić information content (AvgIpc) is 2.29. The van der Waals surface area contributed by atoms with Gasteiger partial charge < -0.3 is 0 Å². The number of hydrogen-bond acceptors (Lipinski definition) is 2. The molecule has 0 aliphatic carbocycles. The molecule has 0 heterocycles. The Morgan fingerprint density at radius 2 is 2.00 bits per heavy atom. The minimum absolute atomic E-state index is 0.00486. The number of hydrogen-bond donors (Lipinski definition) is 0. The second-order valence-electron chi connectivity index (χ2n) is 3.73. The fourth-order valence-corrected chi connectivity index (χ4v) is 1.48. The zero-order chi connectivity index (χ0) is 12.2. The Balaban J connectivity index is 3.18. The number of nitriles is 2. The van der Waals surface area contributed by atoms with Crippen molar-refractivity contribution in [2.75, 3.05) is 0 Å². The summed E-state index contributed by atoms with van der Waals surface area (Å²) in [5, 5.41) is 17.5. The van der Waals surface area contributed by atoms with Gasteiger partial charge in [-0.15, -0.1) is 0 Å².